The molecule has 3 aromatic carbocycles. The maximum absolute atomic E-state index is 5.41. The smallest absolute Gasteiger partial charge is 0.231 e. The van der Waals surface area contributed by atoms with Crippen molar-refractivity contribution in [2.75, 3.05) is 6.79 Å². The molecule has 0 saturated heterocycles. The van der Waals surface area contributed by atoms with E-state index >= 15 is 0 Å². The van der Waals surface area contributed by atoms with Gasteiger partial charge >= 0.3 is 0 Å². The van der Waals surface area contributed by atoms with E-state index in [1.165, 1.54) is 21.9 Å². The number of nitrogens with one attached hydrogen (secondary N) is 1. The van der Waals surface area contributed by atoms with Crippen molar-refractivity contribution in [2.45, 2.75) is 13.1 Å². The minimum absolute atomic E-state index is 0. The van der Waals surface area contributed by atoms with E-state index in [0.29, 0.717) is 6.79 Å². The molecule has 4 heteroatoms. The number of fused-ring (bicyclic) bond motifs is 2. The van der Waals surface area contributed by atoms with Crippen molar-refractivity contribution in [2.24, 2.45) is 0 Å². The molecule has 1 aliphatic rings. The Hall–Kier alpha value is -2.04. The zero-order valence-corrected chi connectivity index (χ0v) is 14.3. The second-order valence-corrected chi connectivity index (χ2v) is 5.43. The molecule has 0 fully saturated rings. The Balaban J connectivity index is 0.00000156. The molecule has 1 N–H and O–H groups in total. The van der Waals surface area contributed by atoms with Gasteiger partial charge in [0.05, 0.1) is 0 Å². The molecule has 0 atom stereocenters. The van der Waals surface area contributed by atoms with Gasteiger partial charge < -0.3 is 14.8 Å². The first-order chi connectivity index (χ1) is 10.9. The minimum atomic E-state index is 0. The molecule has 3 nitrogen and oxygen atoms in total. The summed E-state index contributed by atoms with van der Waals surface area (Å²) >= 11 is 0. The van der Waals surface area contributed by atoms with Gasteiger partial charge in [-0.05, 0) is 34.0 Å². The van der Waals surface area contributed by atoms with E-state index in [-0.39, 0.29) is 17.0 Å². The maximum atomic E-state index is 5.41. The van der Waals surface area contributed by atoms with Crippen molar-refractivity contribution in [3.8, 4) is 11.5 Å². The van der Waals surface area contributed by atoms with Gasteiger partial charge in [-0.2, -0.15) is 0 Å². The van der Waals surface area contributed by atoms with Crippen LogP contribution in [0.3, 0.4) is 0 Å². The van der Waals surface area contributed by atoms with Crippen LogP contribution in [-0.2, 0) is 13.1 Å². The van der Waals surface area contributed by atoms with Crippen LogP contribution < -0.4 is 14.8 Å². The van der Waals surface area contributed by atoms with Crippen molar-refractivity contribution in [1.82, 2.24) is 5.32 Å². The summed E-state index contributed by atoms with van der Waals surface area (Å²) < 4.78 is 10.7. The summed E-state index contributed by atoms with van der Waals surface area (Å²) in [6, 6.07) is 21.0. The summed E-state index contributed by atoms with van der Waals surface area (Å²) in [4.78, 5) is 0. The maximum Gasteiger partial charge on any atom is 0.231 e. The largest absolute Gasteiger partial charge is 0.454 e. The van der Waals surface area contributed by atoms with Crippen LogP contribution in [0.1, 0.15) is 11.1 Å². The van der Waals surface area contributed by atoms with Crippen LogP contribution in [0.2, 0.25) is 0 Å². The quantitative estimate of drug-likeness (QED) is 0.735. The van der Waals surface area contributed by atoms with E-state index in [1.807, 2.05) is 12.1 Å². The Kier molecular flexibility index (Phi) is 4.84. The predicted molar refractivity (Wildman–Crippen MR) is 97.4 cm³/mol. The highest BCUT2D eigenvalue weighted by Crippen LogP contribution is 2.32. The van der Waals surface area contributed by atoms with Crippen molar-refractivity contribution in [3.63, 3.8) is 0 Å². The normalized spacial score (nSPS) is 12.2. The van der Waals surface area contributed by atoms with Gasteiger partial charge in [0.1, 0.15) is 0 Å². The Morgan fingerprint density at radius 2 is 1.65 bits per heavy atom. The number of halogens is 1. The number of hydrogen-bond acceptors (Lipinski definition) is 3. The van der Waals surface area contributed by atoms with Gasteiger partial charge in [-0.15, -0.1) is 17.0 Å². The molecule has 4 rings (SSSR count). The van der Waals surface area contributed by atoms with Crippen molar-refractivity contribution < 1.29 is 9.47 Å². The lowest BCUT2D eigenvalue weighted by molar-refractivity contribution is 0.174. The van der Waals surface area contributed by atoms with Crippen LogP contribution in [-0.4, -0.2) is 6.79 Å². The number of rotatable bonds is 4. The zero-order valence-electron chi connectivity index (χ0n) is 12.6. The number of benzene rings is 3. The van der Waals surface area contributed by atoms with Crippen molar-refractivity contribution in [3.05, 3.63) is 71.8 Å². The molecule has 1 aliphatic heterocycles. The fraction of sp³-hybridized carbons (Fsp3) is 0.158. The molecule has 0 aliphatic carbocycles. The van der Waals surface area contributed by atoms with E-state index in [0.717, 1.165) is 24.6 Å². The summed E-state index contributed by atoms with van der Waals surface area (Å²) in [7, 11) is 0. The van der Waals surface area contributed by atoms with Gasteiger partial charge in [0.2, 0.25) is 6.79 Å². The van der Waals surface area contributed by atoms with Gasteiger partial charge in [0.25, 0.3) is 0 Å². The van der Waals surface area contributed by atoms with E-state index in [9.17, 15) is 0 Å². The van der Waals surface area contributed by atoms with Crippen LogP contribution in [0.5, 0.6) is 11.5 Å². The van der Waals surface area contributed by atoms with Crippen LogP contribution in [0.25, 0.3) is 10.8 Å². The molecular formula is C19H18BrNO2. The molecule has 118 valence electrons. The van der Waals surface area contributed by atoms with E-state index in [1.54, 1.807) is 0 Å². The molecule has 0 aromatic heterocycles. The third-order valence-corrected chi connectivity index (χ3v) is 3.96. The summed E-state index contributed by atoms with van der Waals surface area (Å²) in [6.45, 7) is 1.97. The first-order valence-corrected chi connectivity index (χ1v) is 7.46. The fourth-order valence-corrected chi connectivity index (χ4v) is 2.84. The second kappa shape index (κ2) is 7.02. The molecule has 0 saturated carbocycles. The summed E-state index contributed by atoms with van der Waals surface area (Å²) in [5.41, 5.74) is 2.52. The molecule has 0 spiro atoms. The highest BCUT2D eigenvalue weighted by atomic mass is 79.9. The molecule has 23 heavy (non-hydrogen) atoms. The highest BCUT2D eigenvalue weighted by molar-refractivity contribution is 8.93. The van der Waals surface area contributed by atoms with Crippen LogP contribution in [0.15, 0.2) is 60.7 Å². The van der Waals surface area contributed by atoms with Crippen LogP contribution in [0, 0.1) is 0 Å². The Labute approximate surface area is 146 Å². The lowest BCUT2D eigenvalue weighted by Crippen LogP contribution is -2.12. The topological polar surface area (TPSA) is 30.5 Å². The monoisotopic (exact) mass is 371 g/mol. The van der Waals surface area contributed by atoms with E-state index < -0.39 is 0 Å². The van der Waals surface area contributed by atoms with E-state index in [4.69, 9.17) is 9.47 Å². The lowest BCUT2D eigenvalue weighted by Gasteiger charge is -2.09. The minimum Gasteiger partial charge on any atom is -0.454 e. The Morgan fingerprint density at radius 1 is 0.826 bits per heavy atom. The van der Waals surface area contributed by atoms with Gasteiger partial charge in [0, 0.05) is 13.1 Å². The molecular weight excluding hydrogens is 354 g/mol. The average Bonchev–Trinajstić information content (AvgIpc) is 3.03. The lowest BCUT2D eigenvalue weighted by atomic mass is 10.0. The summed E-state index contributed by atoms with van der Waals surface area (Å²) in [5.74, 6) is 1.67. The van der Waals surface area contributed by atoms with Crippen molar-refractivity contribution >= 4 is 27.8 Å². The van der Waals surface area contributed by atoms with Crippen molar-refractivity contribution in [1.29, 1.82) is 0 Å². The summed E-state index contributed by atoms with van der Waals surface area (Å²) in [6.07, 6.45) is 0. The first-order valence-electron chi connectivity index (χ1n) is 7.46. The van der Waals surface area contributed by atoms with Crippen LogP contribution in [0.4, 0.5) is 0 Å². The predicted octanol–water partition coefficient (Wildman–Crippen LogP) is 4.44. The Bertz CT molecular complexity index is 814. The van der Waals surface area contributed by atoms with Gasteiger partial charge in [-0.1, -0.05) is 48.5 Å². The molecule has 1 heterocycles. The molecule has 0 amide bonds. The molecule has 0 unspecified atom stereocenters. The van der Waals surface area contributed by atoms with Gasteiger partial charge in [-0.25, -0.2) is 0 Å². The fourth-order valence-electron chi connectivity index (χ4n) is 2.84. The van der Waals surface area contributed by atoms with E-state index in [2.05, 4.69) is 53.8 Å². The third-order valence-electron chi connectivity index (χ3n) is 3.96. The highest BCUT2D eigenvalue weighted by Gasteiger charge is 2.12. The molecule has 3 aromatic rings. The zero-order chi connectivity index (χ0) is 14.8. The SMILES string of the molecule is Br.c1ccc2c(CNCc3ccc4c(c3)OCO4)cccc2c1. The average molecular weight is 372 g/mol. The third kappa shape index (κ3) is 3.33. The van der Waals surface area contributed by atoms with Gasteiger partial charge in [0.15, 0.2) is 11.5 Å². The van der Waals surface area contributed by atoms with Gasteiger partial charge in [-0.3, -0.25) is 0 Å². The Morgan fingerprint density at radius 3 is 2.61 bits per heavy atom. The van der Waals surface area contributed by atoms with Crippen LogP contribution >= 0.6 is 17.0 Å². The standard InChI is InChI=1S/C19H17NO2.BrH/c1-2-7-17-15(4-1)5-3-6-16(17)12-20-11-14-8-9-18-19(10-14)22-13-21-18;/h1-10,20H,11-13H2;1H. The number of ether oxygens (including phenoxy) is 2. The number of hydrogen-bond donors (Lipinski definition) is 1. The molecule has 0 radical (unpaired) electrons. The first kappa shape index (κ1) is 15.8. The second-order valence-electron chi connectivity index (χ2n) is 5.43. The molecule has 0 bridgehead atoms. The summed E-state index contributed by atoms with van der Waals surface area (Å²) in [5, 5.41) is 6.10.